The van der Waals surface area contributed by atoms with Gasteiger partial charge in [0.15, 0.2) is 0 Å². The van der Waals surface area contributed by atoms with Crippen LogP contribution in [0.4, 0.5) is 0 Å². The average Bonchev–Trinajstić information content (AvgIpc) is 2.47. The first-order chi connectivity index (χ1) is 10.1. The van der Waals surface area contributed by atoms with E-state index >= 15 is 0 Å². The molecule has 110 valence electrons. The molecule has 2 N–H and O–H groups in total. The number of thioether (sulfide) groups is 1. The van der Waals surface area contributed by atoms with E-state index in [2.05, 4.69) is 9.97 Å². The summed E-state index contributed by atoms with van der Waals surface area (Å²) in [5, 5.41) is 10.2. The molecule has 1 aliphatic heterocycles. The summed E-state index contributed by atoms with van der Waals surface area (Å²) in [6, 6.07) is 7.41. The molecule has 0 spiro atoms. The number of ether oxygens (including phenoxy) is 1. The second kappa shape index (κ2) is 5.91. The lowest BCUT2D eigenvalue weighted by Gasteiger charge is -2.21. The van der Waals surface area contributed by atoms with Crippen molar-refractivity contribution in [1.29, 1.82) is 0 Å². The zero-order valence-corrected chi connectivity index (χ0v) is 12.4. The van der Waals surface area contributed by atoms with Gasteiger partial charge in [0.2, 0.25) is 5.88 Å². The summed E-state index contributed by atoms with van der Waals surface area (Å²) in [7, 11) is 0. The Morgan fingerprint density at radius 2 is 2.33 bits per heavy atom. The van der Waals surface area contributed by atoms with Gasteiger partial charge in [-0.15, -0.1) is 0 Å². The molecule has 0 amide bonds. The van der Waals surface area contributed by atoms with Gasteiger partial charge in [-0.1, -0.05) is 29.8 Å². The van der Waals surface area contributed by atoms with Gasteiger partial charge >= 0.3 is 0 Å². The number of aryl methyl sites for hydroxylation is 1. The molecule has 0 saturated carbocycles. The van der Waals surface area contributed by atoms with Crippen molar-refractivity contribution in [2.75, 3.05) is 18.1 Å². The van der Waals surface area contributed by atoms with Crippen LogP contribution >= 0.6 is 11.8 Å². The number of aromatic nitrogens is 2. The van der Waals surface area contributed by atoms with Crippen molar-refractivity contribution in [2.24, 2.45) is 0 Å². The van der Waals surface area contributed by atoms with Crippen LogP contribution in [0.3, 0.4) is 0 Å². The van der Waals surface area contributed by atoms with Gasteiger partial charge in [-0.3, -0.25) is 4.79 Å². The van der Waals surface area contributed by atoms with Crippen LogP contribution in [-0.4, -0.2) is 33.2 Å². The quantitative estimate of drug-likeness (QED) is 0.890. The zero-order chi connectivity index (χ0) is 14.8. The lowest BCUT2D eigenvalue weighted by molar-refractivity contribution is 0.0688. The van der Waals surface area contributed by atoms with Gasteiger partial charge in [0.25, 0.3) is 5.56 Å². The van der Waals surface area contributed by atoms with Crippen LogP contribution in [0.15, 0.2) is 29.1 Å². The standard InChI is InChI=1S/C15H16N2O3S/c1-9-3-2-4-10(7-9)12-14(18)16-13(17-15(12)19)11-8-21-6-5-20-11/h2-4,7,11H,5-6,8H2,1H3,(H2,16,17,18,19). The Bertz CT molecular complexity index is 708. The molecule has 1 aromatic heterocycles. The highest BCUT2D eigenvalue weighted by Crippen LogP contribution is 2.28. The van der Waals surface area contributed by atoms with Gasteiger partial charge in [-0.2, -0.15) is 16.7 Å². The van der Waals surface area contributed by atoms with E-state index in [1.165, 1.54) is 0 Å². The first kappa shape index (κ1) is 14.2. The second-order valence-electron chi connectivity index (χ2n) is 4.95. The Morgan fingerprint density at radius 1 is 1.48 bits per heavy atom. The maximum absolute atomic E-state index is 12.3. The minimum Gasteiger partial charge on any atom is -0.493 e. The van der Waals surface area contributed by atoms with E-state index in [0.717, 1.165) is 17.1 Å². The smallest absolute Gasteiger partial charge is 0.262 e. The van der Waals surface area contributed by atoms with E-state index in [4.69, 9.17) is 4.74 Å². The molecule has 6 heteroatoms. The summed E-state index contributed by atoms with van der Waals surface area (Å²) < 4.78 is 5.57. The van der Waals surface area contributed by atoms with Crippen LogP contribution < -0.4 is 5.56 Å². The maximum atomic E-state index is 12.3. The Balaban J connectivity index is 2.02. The Labute approximate surface area is 126 Å². The molecule has 21 heavy (non-hydrogen) atoms. The van der Waals surface area contributed by atoms with Crippen molar-refractivity contribution in [3.8, 4) is 17.0 Å². The molecule has 2 aromatic rings. The molecule has 1 aliphatic rings. The SMILES string of the molecule is Cc1cccc(-c2c(O)nc(C3CSCCO3)[nH]c2=O)c1. The second-order valence-corrected chi connectivity index (χ2v) is 6.10. The third kappa shape index (κ3) is 2.96. The first-order valence-corrected chi connectivity index (χ1v) is 7.90. The topological polar surface area (TPSA) is 75.2 Å². The maximum Gasteiger partial charge on any atom is 0.262 e. The molecule has 0 aliphatic carbocycles. The Morgan fingerprint density at radius 3 is 3.00 bits per heavy atom. The van der Waals surface area contributed by atoms with Crippen LogP contribution in [0.1, 0.15) is 17.5 Å². The summed E-state index contributed by atoms with van der Waals surface area (Å²) in [4.78, 5) is 19.2. The van der Waals surface area contributed by atoms with Crippen molar-refractivity contribution in [3.63, 3.8) is 0 Å². The molecule has 5 nitrogen and oxygen atoms in total. The molecule has 1 atom stereocenters. The molecule has 1 unspecified atom stereocenters. The van der Waals surface area contributed by atoms with E-state index in [1.54, 1.807) is 17.8 Å². The summed E-state index contributed by atoms with van der Waals surface area (Å²) in [6.07, 6.45) is -0.270. The van der Waals surface area contributed by atoms with Crippen molar-refractivity contribution < 1.29 is 9.84 Å². The van der Waals surface area contributed by atoms with Gasteiger partial charge < -0.3 is 14.8 Å². The van der Waals surface area contributed by atoms with E-state index in [1.807, 2.05) is 25.1 Å². The van der Waals surface area contributed by atoms with E-state index in [-0.39, 0.29) is 23.1 Å². The number of nitrogens with one attached hydrogen (secondary N) is 1. The predicted molar refractivity (Wildman–Crippen MR) is 82.7 cm³/mol. The summed E-state index contributed by atoms with van der Waals surface area (Å²) >= 11 is 1.74. The van der Waals surface area contributed by atoms with Crippen molar-refractivity contribution in [3.05, 3.63) is 46.0 Å². The van der Waals surface area contributed by atoms with Gasteiger partial charge in [-0.25, -0.2) is 0 Å². The molecule has 1 saturated heterocycles. The summed E-state index contributed by atoms with van der Waals surface area (Å²) in [5.74, 6) is 1.81. The first-order valence-electron chi connectivity index (χ1n) is 6.74. The molecule has 0 bridgehead atoms. The number of rotatable bonds is 2. The summed E-state index contributed by atoms with van der Waals surface area (Å²) in [5.41, 5.74) is 1.53. The normalized spacial score (nSPS) is 18.6. The van der Waals surface area contributed by atoms with E-state index in [9.17, 15) is 9.90 Å². The number of benzene rings is 1. The molecular weight excluding hydrogens is 288 g/mol. The van der Waals surface area contributed by atoms with Gasteiger partial charge in [0.05, 0.1) is 6.61 Å². The number of nitrogens with zero attached hydrogens (tertiary/aromatic N) is 1. The van der Waals surface area contributed by atoms with Crippen LogP contribution in [0.2, 0.25) is 0 Å². The van der Waals surface area contributed by atoms with Crippen LogP contribution in [-0.2, 0) is 4.74 Å². The molecule has 2 heterocycles. The van der Waals surface area contributed by atoms with Crippen molar-refractivity contribution in [2.45, 2.75) is 13.0 Å². The lowest BCUT2D eigenvalue weighted by Crippen LogP contribution is -2.22. The van der Waals surface area contributed by atoms with Crippen LogP contribution in [0.25, 0.3) is 11.1 Å². The fourth-order valence-electron chi connectivity index (χ4n) is 2.34. The number of hydrogen-bond donors (Lipinski definition) is 2. The highest BCUT2D eigenvalue weighted by molar-refractivity contribution is 7.99. The Hall–Kier alpha value is -1.79. The summed E-state index contributed by atoms with van der Waals surface area (Å²) in [6.45, 7) is 2.56. The van der Waals surface area contributed by atoms with Crippen molar-refractivity contribution >= 4 is 11.8 Å². The predicted octanol–water partition coefficient (Wildman–Crippen LogP) is 2.26. The largest absolute Gasteiger partial charge is 0.493 e. The van der Waals surface area contributed by atoms with Crippen LogP contribution in [0.5, 0.6) is 5.88 Å². The third-order valence-electron chi connectivity index (χ3n) is 3.35. The fraction of sp³-hybridized carbons (Fsp3) is 0.333. The van der Waals surface area contributed by atoms with Gasteiger partial charge in [0.1, 0.15) is 17.5 Å². The van der Waals surface area contributed by atoms with Crippen LogP contribution in [0, 0.1) is 6.92 Å². The highest BCUT2D eigenvalue weighted by atomic mass is 32.2. The van der Waals surface area contributed by atoms with Gasteiger partial charge in [0, 0.05) is 11.5 Å². The third-order valence-corrected chi connectivity index (χ3v) is 4.34. The van der Waals surface area contributed by atoms with Gasteiger partial charge in [-0.05, 0) is 12.5 Å². The molecule has 1 fully saturated rings. The van der Waals surface area contributed by atoms with E-state index < -0.39 is 0 Å². The van der Waals surface area contributed by atoms with Crippen molar-refractivity contribution in [1.82, 2.24) is 9.97 Å². The number of aromatic amines is 1. The molecular formula is C15H16N2O3S. The molecule has 3 rings (SSSR count). The number of H-pyrrole nitrogens is 1. The zero-order valence-electron chi connectivity index (χ0n) is 11.6. The highest BCUT2D eigenvalue weighted by Gasteiger charge is 2.22. The fourth-order valence-corrected chi connectivity index (χ4v) is 3.19. The minimum atomic E-state index is -0.345. The minimum absolute atomic E-state index is 0.200. The lowest BCUT2D eigenvalue weighted by atomic mass is 10.1. The molecule has 0 radical (unpaired) electrons. The molecule has 1 aromatic carbocycles. The number of hydrogen-bond acceptors (Lipinski definition) is 5. The Kier molecular flexibility index (Phi) is 3.98. The number of aromatic hydroxyl groups is 1. The monoisotopic (exact) mass is 304 g/mol. The average molecular weight is 304 g/mol. The van der Waals surface area contributed by atoms with E-state index in [0.29, 0.717) is 18.0 Å².